The molecule has 3 aromatic rings. The number of likely N-dealkylation sites (tertiary alicyclic amines) is 1. The van der Waals surface area contributed by atoms with Crippen LogP contribution in [-0.2, 0) is 14.8 Å². The Morgan fingerprint density at radius 2 is 1.49 bits per heavy atom. The molecule has 1 fully saturated rings. The number of hydrogen-bond acceptors (Lipinski definition) is 5. The van der Waals surface area contributed by atoms with Gasteiger partial charge in [-0.25, -0.2) is 8.42 Å². The van der Waals surface area contributed by atoms with Crippen molar-refractivity contribution in [2.75, 3.05) is 23.7 Å². The summed E-state index contributed by atoms with van der Waals surface area (Å²) in [5.74, 6) is -1.39. The molecule has 0 spiro atoms. The standard InChI is InChI=1S/C29H31BrCl2N4O4S/c1-17(2)26(28(33)37)34-29(38)20-12-21(30)14-24(13-20)36(41(3,39)40)25-15-35(16-25)27(18-4-8-22(31)9-5-18)19-6-10-23(32)11-7-19/h4-14,17,25-27H,15-16H2,1-3H3,(H2,33,37)(H,34,38)/t26-/m0/s1. The lowest BCUT2D eigenvalue weighted by Gasteiger charge is -2.48. The molecule has 2 amide bonds. The van der Waals surface area contributed by atoms with Crippen molar-refractivity contribution in [2.45, 2.75) is 32.0 Å². The first-order chi connectivity index (χ1) is 19.2. The lowest BCUT2D eigenvalue weighted by atomic mass is 9.93. The number of halogens is 3. The number of benzene rings is 3. The molecule has 0 saturated carbocycles. The van der Waals surface area contributed by atoms with Crippen molar-refractivity contribution in [3.8, 4) is 0 Å². The van der Waals surface area contributed by atoms with E-state index in [4.69, 9.17) is 28.9 Å². The summed E-state index contributed by atoms with van der Waals surface area (Å²) in [6.07, 6.45) is 1.15. The van der Waals surface area contributed by atoms with Gasteiger partial charge in [-0.05, 0) is 59.5 Å². The zero-order valence-corrected chi connectivity index (χ0v) is 26.6. The van der Waals surface area contributed by atoms with E-state index in [0.29, 0.717) is 33.3 Å². The van der Waals surface area contributed by atoms with Crippen LogP contribution in [0.1, 0.15) is 41.4 Å². The molecule has 4 rings (SSSR count). The minimum atomic E-state index is -3.73. The number of amides is 2. The third-order valence-electron chi connectivity index (χ3n) is 6.98. The predicted octanol–water partition coefficient (Wildman–Crippen LogP) is 5.24. The summed E-state index contributed by atoms with van der Waals surface area (Å²) in [4.78, 5) is 27.1. The molecule has 3 N–H and O–H groups in total. The van der Waals surface area contributed by atoms with Gasteiger partial charge < -0.3 is 11.1 Å². The number of primary amides is 1. The first-order valence-electron chi connectivity index (χ1n) is 12.9. The van der Waals surface area contributed by atoms with E-state index >= 15 is 0 Å². The van der Waals surface area contributed by atoms with E-state index in [0.717, 1.165) is 17.4 Å². The fourth-order valence-electron chi connectivity index (χ4n) is 5.05. The fraction of sp³-hybridized carbons (Fsp3) is 0.310. The predicted molar refractivity (Wildman–Crippen MR) is 167 cm³/mol. The van der Waals surface area contributed by atoms with Crippen LogP contribution in [0.25, 0.3) is 0 Å². The van der Waals surface area contributed by atoms with Gasteiger partial charge in [-0.3, -0.25) is 18.8 Å². The highest BCUT2D eigenvalue weighted by Gasteiger charge is 2.41. The normalized spacial score (nSPS) is 15.0. The topological polar surface area (TPSA) is 113 Å². The number of carbonyl (C=O) groups is 2. The summed E-state index contributed by atoms with van der Waals surface area (Å²) >= 11 is 15.7. The van der Waals surface area contributed by atoms with Crippen molar-refractivity contribution >= 4 is 66.7 Å². The number of rotatable bonds is 10. The van der Waals surface area contributed by atoms with Gasteiger partial charge >= 0.3 is 0 Å². The maximum Gasteiger partial charge on any atom is 0.252 e. The van der Waals surface area contributed by atoms with E-state index in [1.807, 2.05) is 48.5 Å². The molecule has 0 aliphatic carbocycles. The van der Waals surface area contributed by atoms with Gasteiger partial charge in [-0.1, -0.05) is 77.2 Å². The van der Waals surface area contributed by atoms with Gasteiger partial charge in [0.2, 0.25) is 15.9 Å². The molecule has 0 radical (unpaired) electrons. The van der Waals surface area contributed by atoms with E-state index in [-0.39, 0.29) is 23.6 Å². The second kappa shape index (κ2) is 12.7. The molecule has 1 aliphatic rings. The number of anilines is 1. The summed E-state index contributed by atoms with van der Waals surface area (Å²) < 4.78 is 28.1. The smallest absolute Gasteiger partial charge is 0.252 e. The number of nitrogens with two attached hydrogens (primary N) is 1. The van der Waals surface area contributed by atoms with Gasteiger partial charge in [0.15, 0.2) is 0 Å². The van der Waals surface area contributed by atoms with Gasteiger partial charge in [-0.2, -0.15) is 0 Å². The van der Waals surface area contributed by atoms with Crippen molar-refractivity contribution in [1.82, 2.24) is 10.2 Å². The Morgan fingerprint density at radius 1 is 0.976 bits per heavy atom. The van der Waals surface area contributed by atoms with Crippen molar-refractivity contribution in [3.05, 3.63) is 97.9 Å². The average Bonchev–Trinajstić information content (AvgIpc) is 2.86. The molecule has 218 valence electrons. The molecule has 0 aromatic heterocycles. The Morgan fingerprint density at radius 3 is 1.93 bits per heavy atom. The Kier molecular flexibility index (Phi) is 9.70. The Balaban J connectivity index is 1.63. The van der Waals surface area contributed by atoms with Crippen LogP contribution in [0, 0.1) is 5.92 Å². The molecule has 0 unspecified atom stereocenters. The molecule has 1 heterocycles. The van der Waals surface area contributed by atoms with E-state index in [1.165, 1.54) is 10.4 Å². The Hall–Kier alpha value is -2.63. The van der Waals surface area contributed by atoms with Crippen molar-refractivity contribution < 1.29 is 18.0 Å². The monoisotopic (exact) mass is 680 g/mol. The number of hydrogen-bond donors (Lipinski definition) is 2. The summed E-state index contributed by atoms with van der Waals surface area (Å²) in [7, 11) is -3.73. The Labute approximate surface area is 259 Å². The second-order valence-corrected chi connectivity index (χ2v) is 14.1. The third-order valence-corrected chi connectivity index (χ3v) is 9.16. The molecule has 1 aliphatic heterocycles. The van der Waals surface area contributed by atoms with Crippen LogP contribution >= 0.6 is 39.1 Å². The zero-order valence-electron chi connectivity index (χ0n) is 22.7. The van der Waals surface area contributed by atoms with Crippen molar-refractivity contribution in [2.24, 2.45) is 11.7 Å². The summed E-state index contributed by atoms with van der Waals surface area (Å²) in [6, 6.07) is 18.5. The molecular formula is C29H31BrCl2N4O4S. The van der Waals surface area contributed by atoms with Crippen LogP contribution in [0.15, 0.2) is 71.2 Å². The average molecular weight is 682 g/mol. The molecule has 1 saturated heterocycles. The van der Waals surface area contributed by atoms with E-state index in [9.17, 15) is 18.0 Å². The van der Waals surface area contributed by atoms with E-state index in [1.54, 1.807) is 26.0 Å². The highest BCUT2D eigenvalue weighted by Crippen LogP contribution is 2.37. The largest absolute Gasteiger partial charge is 0.368 e. The van der Waals surface area contributed by atoms with Crippen molar-refractivity contribution in [3.63, 3.8) is 0 Å². The summed E-state index contributed by atoms with van der Waals surface area (Å²) in [5.41, 5.74) is 8.02. The lowest BCUT2D eigenvalue weighted by Crippen LogP contribution is -2.61. The van der Waals surface area contributed by atoms with Crippen LogP contribution in [0.5, 0.6) is 0 Å². The lowest BCUT2D eigenvalue weighted by molar-refractivity contribution is -0.120. The highest BCUT2D eigenvalue weighted by atomic mass is 79.9. The molecule has 12 heteroatoms. The van der Waals surface area contributed by atoms with Gasteiger partial charge in [0.05, 0.1) is 24.0 Å². The van der Waals surface area contributed by atoms with Crippen molar-refractivity contribution in [1.29, 1.82) is 0 Å². The molecule has 41 heavy (non-hydrogen) atoms. The van der Waals surface area contributed by atoms with Crippen LogP contribution in [0.3, 0.4) is 0 Å². The molecule has 8 nitrogen and oxygen atoms in total. The summed E-state index contributed by atoms with van der Waals surface area (Å²) in [6.45, 7) is 4.43. The number of carbonyl (C=O) groups excluding carboxylic acids is 2. The summed E-state index contributed by atoms with van der Waals surface area (Å²) in [5, 5.41) is 3.91. The van der Waals surface area contributed by atoms with Crippen LogP contribution in [0.2, 0.25) is 10.0 Å². The number of nitrogens with zero attached hydrogens (tertiary/aromatic N) is 2. The number of sulfonamides is 1. The van der Waals surface area contributed by atoms with E-state index < -0.39 is 27.9 Å². The highest BCUT2D eigenvalue weighted by molar-refractivity contribution is 9.10. The van der Waals surface area contributed by atoms with Gasteiger partial charge in [0.25, 0.3) is 5.91 Å². The second-order valence-electron chi connectivity index (χ2n) is 10.5. The maximum absolute atomic E-state index is 13.1. The minimum absolute atomic E-state index is 0.146. The maximum atomic E-state index is 13.1. The first kappa shape index (κ1) is 31.3. The van der Waals surface area contributed by atoms with Crippen LogP contribution in [0.4, 0.5) is 5.69 Å². The SMILES string of the molecule is CC(C)[C@H](NC(=O)c1cc(Br)cc(N(C2CN(C(c3ccc(Cl)cc3)c3ccc(Cl)cc3)C2)S(C)(=O)=O)c1)C(N)=O. The van der Waals surface area contributed by atoms with Gasteiger partial charge in [0, 0.05) is 33.2 Å². The fourth-order valence-corrected chi connectivity index (χ4v) is 6.94. The van der Waals surface area contributed by atoms with Crippen LogP contribution < -0.4 is 15.4 Å². The van der Waals surface area contributed by atoms with Gasteiger partial charge in [0.1, 0.15) is 6.04 Å². The third kappa shape index (κ3) is 7.42. The zero-order chi connectivity index (χ0) is 30.1. The molecule has 3 aromatic carbocycles. The minimum Gasteiger partial charge on any atom is -0.368 e. The molecule has 0 bridgehead atoms. The Bertz CT molecular complexity index is 1480. The first-order valence-corrected chi connectivity index (χ1v) is 16.3. The molecule has 1 atom stereocenters. The quantitative estimate of drug-likeness (QED) is 0.304. The van der Waals surface area contributed by atoms with E-state index in [2.05, 4.69) is 26.1 Å². The number of nitrogens with one attached hydrogen (secondary N) is 1. The van der Waals surface area contributed by atoms with Gasteiger partial charge in [-0.15, -0.1) is 0 Å². The van der Waals surface area contributed by atoms with Crippen LogP contribution in [-0.4, -0.2) is 56.6 Å². The molecular weight excluding hydrogens is 651 g/mol.